The molecule has 3 nitrogen and oxygen atoms in total. The molecule has 104 valence electrons. The van der Waals surface area contributed by atoms with Crippen LogP contribution in [-0.4, -0.2) is 24.8 Å². The van der Waals surface area contributed by atoms with Crippen LogP contribution in [0.15, 0.2) is 11.4 Å². The molecule has 0 saturated heterocycles. The van der Waals surface area contributed by atoms with Crippen LogP contribution in [-0.2, 0) is 0 Å². The average molecular weight is 295 g/mol. The predicted molar refractivity (Wildman–Crippen MR) is 84.8 cm³/mol. The van der Waals surface area contributed by atoms with Crippen LogP contribution in [0.5, 0.6) is 0 Å². The van der Waals surface area contributed by atoms with Gasteiger partial charge >= 0.3 is 6.09 Å². The van der Waals surface area contributed by atoms with Crippen LogP contribution in [0.3, 0.4) is 0 Å². The van der Waals surface area contributed by atoms with E-state index < -0.39 is 19.7 Å². The van der Waals surface area contributed by atoms with E-state index in [1.807, 2.05) is 32.2 Å². The largest absolute Gasteiger partial charge is 0.465 e. The monoisotopic (exact) mass is 295 g/mol. The first-order valence-electron chi connectivity index (χ1n) is 6.16. The summed E-state index contributed by atoms with van der Waals surface area (Å²) in [7, 11) is -1.46. The van der Waals surface area contributed by atoms with Crippen molar-refractivity contribution in [3.8, 4) is 11.5 Å². The highest BCUT2D eigenvalue weighted by Crippen LogP contribution is 2.31. The highest BCUT2D eigenvalue weighted by atomic mass is 32.1. The molecule has 1 rings (SSSR count). The Morgan fingerprint density at radius 1 is 1.37 bits per heavy atom. The molecule has 1 aromatic heterocycles. The van der Waals surface area contributed by atoms with Crippen molar-refractivity contribution in [2.75, 3.05) is 4.90 Å². The van der Waals surface area contributed by atoms with Gasteiger partial charge in [0, 0.05) is 5.54 Å². The number of amides is 1. The van der Waals surface area contributed by atoms with Crippen LogP contribution >= 0.6 is 11.3 Å². The van der Waals surface area contributed by atoms with Gasteiger partial charge < -0.3 is 5.11 Å². The molecule has 5 heteroatoms. The SMILES string of the molecule is CC(C)(C)N(C(=O)O)c1ccsc1C#C[Si](C)(C)C. The van der Waals surface area contributed by atoms with Gasteiger partial charge in [-0.3, -0.25) is 4.90 Å². The molecule has 19 heavy (non-hydrogen) atoms. The molecule has 1 N–H and O–H groups in total. The van der Waals surface area contributed by atoms with E-state index in [1.165, 1.54) is 16.2 Å². The third-order valence-electron chi connectivity index (χ3n) is 2.30. The lowest BCUT2D eigenvalue weighted by molar-refractivity contribution is 0.195. The van der Waals surface area contributed by atoms with Crippen molar-refractivity contribution in [2.24, 2.45) is 0 Å². The summed E-state index contributed by atoms with van der Waals surface area (Å²) in [5.74, 6) is 3.17. The predicted octanol–water partition coefficient (Wildman–Crippen LogP) is 4.26. The molecule has 0 aromatic carbocycles. The molecular weight excluding hydrogens is 274 g/mol. The zero-order chi connectivity index (χ0) is 14.8. The molecular formula is C14H21NO2SSi. The summed E-state index contributed by atoms with van der Waals surface area (Å²) in [5, 5.41) is 11.3. The zero-order valence-corrected chi connectivity index (χ0v) is 14.2. The lowest BCUT2D eigenvalue weighted by Gasteiger charge is -2.32. The minimum Gasteiger partial charge on any atom is -0.465 e. The summed E-state index contributed by atoms with van der Waals surface area (Å²) >= 11 is 1.50. The molecule has 0 aliphatic heterocycles. The van der Waals surface area contributed by atoms with Crippen LogP contribution in [0.4, 0.5) is 10.5 Å². The van der Waals surface area contributed by atoms with Crippen molar-refractivity contribution >= 4 is 31.2 Å². The van der Waals surface area contributed by atoms with Gasteiger partial charge in [0.1, 0.15) is 13.0 Å². The average Bonchev–Trinajstić information content (AvgIpc) is 2.58. The van der Waals surface area contributed by atoms with Gasteiger partial charge in [0.05, 0.1) is 5.69 Å². The van der Waals surface area contributed by atoms with E-state index in [0.717, 1.165) is 4.88 Å². The van der Waals surface area contributed by atoms with Crippen LogP contribution < -0.4 is 4.90 Å². The van der Waals surface area contributed by atoms with E-state index in [9.17, 15) is 9.90 Å². The number of carboxylic acid groups (broad SMARTS) is 1. The second kappa shape index (κ2) is 5.39. The van der Waals surface area contributed by atoms with Gasteiger partial charge in [0.2, 0.25) is 0 Å². The summed E-state index contributed by atoms with van der Waals surface area (Å²) in [6.07, 6.45) is -0.943. The summed E-state index contributed by atoms with van der Waals surface area (Å²) in [4.78, 5) is 13.7. The van der Waals surface area contributed by atoms with Crippen molar-refractivity contribution in [1.82, 2.24) is 0 Å². The zero-order valence-electron chi connectivity index (χ0n) is 12.4. The van der Waals surface area contributed by atoms with E-state index in [1.54, 1.807) is 0 Å². The van der Waals surface area contributed by atoms with Crippen LogP contribution in [0.2, 0.25) is 19.6 Å². The Bertz CT molecular complexity index is 526. The number of thiophene rings is 1. The molecule has 0 atom stereocenters. The van der Waals surface area contributed by atoms with Crippen LogP contribution in [0, 0.1) is 11.5 Å². The normalized spacial score (nSPS) is 11.7. The number of carbonyl (C=O) groups is 1. The second-order valence-electron chi connectivity index (χ2n) is 6.42. The lowest BCUT2D eigenvalue weighted by atomic mass is 10.1. The molecule has 0 saturated carbocycles. The Morgan fingerprint density at radius 3 is 2.37 bits per heavy atom. The van der Waals surface area contributed by atoms with Crippen LogP contribution in [0.25, 0.3) is 0 Å². The van der Waals surface area contributed by atoms with Crippen molar-refractivity contribution in [3.63, 3.8) is 0 Å². The van der Waals surface area contributed by atoms with Gasteiger partial charge in [-0.1, -0.05) is 25.6 Å². The summed E-state index contributed by atoms with van der Waals surface area (Å²) < 4.78 is 0. The molecule has 1 amide bonds. The maximum absolute atomic E-state index is 11.5. The van der Waals surface area contributed by atoms with E-state index in [2.05, 4.69) is 31.1 Å². The van der Waals surface area contributed by atoms with Crippen molar-refractivity contribution in [3.05, 3.63) is 16.3 Å². The Kier molecular flexibility index (Phi) is 4.49. The Balaban J connectivity index is 3.25. The Labute approximate surface area is 120 Å². The fraction of sp³-hybridized carbons (Fsp3) is 0.500. The fourth-order valence-electron chi connectivity index (χ4n) is 1.57. The molecule has 0 bridgehead atoms. The van der Waals surface area contributed by atoms with Gasteiger partial charge in [-0.2, -0.15) is 0 Å². The molecule has 0 fully saturated rings. The van der Waals surface area contributed by atoms with Crippen molar-refractivity contribution in [1.29, 1.82) is 0 Å². The minimum atomic E-state index is -1.46. The Morgan fingerprint density at radius 2 is 1.95 bits per heavy atom. The summed E-state index contributed by atoms with van der Waals surface area (Å²) in [5.41, 5.74) is 3.50. The number of hydrogen-bond acceptors (Lipinski definition) is 2. The van der Waals surface area contributed by atoms with Crippen LogP contribution in [0.1, 0.15) is 25.6 Å². The van der Waals surface area contributed by atoms with E-state index in [-0.39, 0.29) is 0 Å². The minimum absolute atomic E-state index is 0.484. The lowest BCUT2D eigenvalue weighted by Crippen LogP contribution is -2.45. The molecule has 0 spiro atoms. The molecule has 1 aromatic rings. The van der Waals surface area contributed by atoms with Gasteiger partial charge in [-0.25, -0.2) is 4.79 Å². The van der Waals surface area contributed by atoms with Gasteiger partial charge in [0.25, 0.3) is 0 Å². The van der Waals surface area contributed by atoms with Crippen molar-refractivity contribution < 1.29 is 9.90 Å². The summed E-state index contributed by atoms with van der Waals surface area (Å²) in [6, 6.07) is 1.83. The molecule has 1 heterocycles. The highest BCUT2D eigenvalue weighted by molar-refractivity contribution is 7.11. The maximum Gasteiger partial charge on any atom is 0.412 e. The van der Waals surface area contributed by atoms with Gasteiger partial charge in [0.15, 0.2) is 0 Å². The maximum atomic E-state index is 11.5. The third kappa shape index (κ3) is 4.41. The second-order valence-corrected chi connectivity index (χ2v) is 12.1. The van der Waals surface area contributed by atoms with Gasteiger partial charge in [-0.15, -0.1) is 16.9 Å². The standard InChI is InChI=1S/C14H21NO2SSi/c1-14(2,3)15(13(16)17)11-7-9-18-12(11)8-10-19(4,5)6/h7,9H,1-6H3,(H,16,17). The highest BCUT2D eigenvalue weighted by Gasteiger charge is 2.29. The van der Waals surface area contributed by atoms with E-state index in [0.29, 0.717) is 5.69 Å². The molecule has 0 unspecified atom stereocenters. The van der Waals surface area contributed by atoms with Crippen molar-refractivity contribution in [2.45, 2.75) is 46.0 Å². The van der Waals surface area contributed by atoms with E-state index in [4.69, 9.17) is 0 Å². The molecule has 0 aliphatic carbocycles. The summed E-state index contributed by atoms with van der Waals surface area (Å²) in [6.45, 7) is 12.2. The molecule has 0 aliphatic rings. The number of nitrogens with zero attached hydrogens (tertiary/aromatic N) is 1. The topological polar surface area (TPSA) is 40.5 Å². The fourth-order valence-corrected chi connectivity index (χ4v) is 2.88. The first-order chi connectivity index (χ1) is 8.52. The quantitative estimate of drug-likeness (QED) is 0.621. The first kappa shape index (κ1) is 15.8. The molecule has 0 radical (unpaired) electrons. The first-order valence-corrected chi connectivity index (χ1v) is 10.5. The van der Waals surface area contributed by atoms with E-state index >= 15 is 0 Å². The smallest absolute Gasteiger partial charge is 0.412 e. The number of hydrogen-bond donors (Lipinski definition) is 1. The Hall–Kier alpha value is -1.25. The number of anilines is 1. The number of rotatable bonds is 1. The van der Waals surface area contributed by atoms with Gasteiger partial charge in [-0.05, 0) is 32.2 Å². The third-order valence-corrected chi connectivity index (χ3v) is 3.99.